The third-order valence-corrected chi connectivity index (χ3v) is 2.66. The average molecular weight is 210 g/mol. The minimum absolute atomic E-state index is 0.326. The molecule has 0 saturated heterocycles. The number of rotatable bonds is 0. The summed E-state index contributed by atoms with van der Waals surface area (Å²) in [5.41, 5.74) is 2.22. The van der Waals surface area contributed by atoms with Crippen molar-refractivity contribution in [3.8, 4) is 0 Å². The van der Waals surface area contributed by atoms with Gasteiger partial charge in [-0.1, -0.05) is 17.7 Å². The molecule has 0 unspecified atom stereocenters. The molecule has 2 rings (SSSR count). The Bertz CT molecular complexity index is 462. The van der Waals surface area contributed by atoms with Crippen molar-refractivity contribution < 1.29 is 4.39 Å². The van der Waals surface area contributed by atoms with Gasteiger partial charge in [-0.05, 0) is 37.1 Å². The molecular weight excluding hydrogens is 201 g/mol. The Morgan fingerprint density at radius 2 is 1.93 bits per heavy atom. The van der Waals surface area contributed by atoms with Crippen molar-refractivity contribution in [2.45, 2.75) is 13.8 Å². The van der Waals surface area contributed by atoms with Crippen LogP contribution in [0.2, 0.25) is 5.15 Å². The highest BCUT2D eigenvalue weighted by Gasteiger charge is 2.07. The summed E-state index contributed by atoms with van der Waals surface area (Å²) in [6.07, 6.45) is 0. The molecule has 0 aliphatic carbocycles. The maximum absolute atomic E-state index is 13.4. The maximum Gasteiger partial charge on any atom is 0.149 e. The molecule has 0 fully saturated rings. The van der Waals surface area contributed by atoms with Gasteiger partial charge in [0, 0.05) is 5.39 Å². The molecule has 0 saturated carbocycles. The molecule has 72 valence electrons. The van der Waals surface area contributed by atoms with Gasteiger partial charge in [-0.25, -0.2) is 9.37 Å². The van der Waals surface area contributed by atoms with Gasteiger partial charge in [-0.15, -0.1) is 0 Å². The number of nitrogens with zero attached hydrogens (tertiary/aromatic N) is 1. The second-order valence-electron chi connectivity index (χ2n) is 3.36. The van der Waals surface area contributed by atoms with Crippen LogP contribution >= 0.6 is 11.6 Å². The summed E-state index contributed by atoms with van der Waals surface area (Å²) in [6, 6.07) is 5.02. The molecule has 14 heavy (non-hydrogen) atoms. The van der Waals surface area contributed by atoms with Crippen LogP contribution in [0.4, 0.5) is 4.39 Å². The molecule has 0 N–H and O–H groups in total. The number of hydrogen-bond donors (Lipinski definition) is 0. The minimum Gasteiger partial charge on any atom is -0.233 e. The Balaban J connectivity index is 2.94. The lowest BCUT2D eigenvalue weighted by atomic mass is 10.1. The van der Waals surface area contributed by atoms with Gasteiger partial charge in [0.05, 0.1) is 0 Å². The Morgan fingerprint density at radius 3 is 2.64 bits per heavy atom. The first-order chi connectivity index (χ1) is 6.59. The molecule has 1 aromatic carbocycles. The van der Waals surface area contributed by atoms with E-state index in [4.69, 9.17) is 11.6 Å². The normalized spacial score (nSPS) is 10.9. The highest BCUT2D eigenvalue weighted by molar-refractivity contribution is 6.30. The van der Waals surface area contributed by atoms with Gasteiger partial charge in [-0.2, -0.15) is 0 Å². The third-order valence-electron chi connectivity index (χ3n) is 2.28. The molecule has 1 aromatic heterocycles. The zero-order chi connectivity index (χ0) is 10.3. The van der Waals surface area contributed by atoms with Gasteiger partial charge >= 0.3 is 0 Å². The monoisotopic (exact) mass is 209 g/mol. The average Bonchev–Trinajstić information content (AvgIpc) is 2.15. The number of aryl methyl sites for hydroxylation is 2. The third kappa shape index (κ3) is 1.36. The van der Waals surface area contributed by atoms with E-state index in [9.17, 15) is 4.39 Å². The summed E-state index contributed by atoms with van der Waals surface area (Å²) in [7, 11) is 0. The van der Waals surface area contributed by atoms with Crippen molar-refractivity contribution >= 4 is 22.5 Å². The molecule has 1 nitrogen and oxygen atoms in total. The van der Waals surface area contributed by atoms with Crippen molar-refractivity contribution in [2.24, 2.45) is 0 Å². The van der Waals surface area contributed by atoms with Crippen molar-refractivity contribution in [2.75, 3.05) is 0 Å². The predicted octanol–water partition coefficient (Wildman–Crippen LogP) is 3.64. The lowest BCUT2D eigenvalue weighted by Gasteiger charge is -2.05. The fourth-order valence-electron chi connectivity index (χ4n) is 1.44. The summed E-state index contributed by atoms with van der Waals surface area (Å²) in [5, 5.41) is 1.19. The molecule has 0 spiro atoms. The second kappa shape index (κ2) is 3.21. The summed E-state index contributed by atoms with van der Waals surface area (Å²) in [5.74, 6) is -0.326. The van der Waals surface area contributed by atoms with Crippen LogP contribution in [0.15, 0.2) is 18.2 Å². The zero-order valence-corrected chi connectivity index (χ0v) is 8.69. The van der Waals surface area contributed by atoms with Gasteiger partial charge in [-0.3, -0.25) is 0 Å². The molecule has 0 aliphatic heterocycles. The van der Waals surface area contributed by atoms with E-state index < -0.39 is 0 Å². The van der Waals surface area contributed by atoms with Crippen molar-refractivity contribution in [3.63, 3.8) is 0 Å². The lowest BCUT2D eigenvalue weighted by molar-refractivity contribution is 0.636. The standard InChI is InChI=1S/C11H9ClFN/c1-6-3-4-9(13)10-8(6)5-7(2)11(12)14-10/h3-5H,1-2H3. The van der Waals surface area contributed by atoms with E-state index in [1.165, 1.54) is 6.07 Å². The van der Waals surface area contributed by atoms with E-state index in [1.54, 1.807) is 6.07 Å². The van der Waals surface area contributed by atoms with Crippen LogP contribution < -0.4 is 0 Å². The van der Waals surface area contributed by atoms with Crippen LogP contribution in [0.1, 0.15) is 11.1 Å². The number of hydrogen-bond acceptors (Lipinski definition) is 1. The second-order valence-corrected chi connectivity index (χ2v) is 3.71. The SMILES string of the molecule is Cc1cc2c(C)ccc(F)c2nc1Cl. The summed E-state index contributed by atoms with van der Waals surface area (Å²) >= 11 is 5.83. The molecule has 2 aromatic rings. The van der Waals surface area contributed by atoms with E-state index in [0.717, 1.165) is 16.5 Å². The minimum atomic E-state index is -0.326. The van der Waals surface area contributed by atoms with Crippen LogP contribution in [-0.4, -0.2) is 4.98 Å². The summed E-state index contributed by atoms with van der Waals surface area (Å²) in [4.78, 5) is 4.03. The zero-order valence-electron chi connectivity index (χ0n) is 7.94. The van der Waals surface area contributed by atoms with Gasteiger partial charge in [0.1, 0.15) is 16.5 Å². The van der Waals surface area contributed by atoms with Gasteiger partial charge in [0.25, 0.3) is 0 Å². The van der Waals surface area contributed by atoms with E-state index in [0.29, 0.717) is 10.7 Å². The Hall–Kier alpha value is -1.15. The number of halogens is 2. The largest absolute Gasteiger partial charge is 0.233 e. The molecular formula is C11H9ClFN. The smallest absolute Gasteiger partial charge is 0.149 e. The lowest BCUT2D eigenvalue weighted by Crippen LogP contribution is -1.90. The predicted molar refractivity (Wildman–Crippen MR) is 56.2 cm³/mol. The number of aromatic nitrogens is 1. The van der Waals surface area contributed by atoms with E-state index >= 15 is 0 Å². The number of benzene rings is 1. The summed E-state index contributed by atoms with van der Waals surface area (Å²) in [6.45, 7) is 3.79. The van der Waals surface area contributed by atoms with Crippen LogP contribution in [0, 0.1) is 19.7 Å². The molecule has 0 amide bonds. The fraction of sp³-hybridized carbons (Fsp3) is 0.182. The van der Waals surface area contributed by atoms with Crippen molar-refractivity contribution in [1.82, 2.24) is 4.98 Å². The van der Waals surface area contributed by atoms with Crippen LogP contribution in [0.5, 0.6) is 0 Å². The Kier molecular flexibility index (Phi) is 2.16. The van der Waals surface area contributed by atoms with Crippen LogP contribution in [0.25, 0.3) is 10.9 Å². The van der Waals surface area contributed by atoms with Crippen LogP contribution in [-0.2, 0) is 0 Å². The molecule has 0 bridgehead atoms. The first-order valence-electron chi connectivity index (χ1n) is 4.31. The van der Waals surface area contributed by atoms with Gasteiger partial charge < -0.3 is 0 Å². The molecule has 1 heterocycles. The number of pyridine rings is 1. The Labute approximate surface area is 86.5 Å². The molecule has 0 aliphatic rings. The van der Waals surface area contributed by atoms with E-state index in [-0.39, 0.29) is 5.82 Å². The highest BCUT2D eigenvalue weighted by Crippen LogP contribution is 2.24. The first kappa shape index (κ1) is 9.41. The molecule has 3 heteroatoms. The van der Waals surface area contributed by atoms with E-state index in [2.05, 4.69) is 4.98 Å². The van der Waals surface area contributed by atoms with E-state index in [1.807, 2.05) is 19.9 Å². The van der Waals surface area contributed by atoms with Gasteiger partial charge in [0.15, 0.2) is 0 Å². The van der Waals surface area contributed by atoms with Crippen LogP contribution in [0.3, 0.4) is 0 Å². The fourth-order valence-corrected chi connectivity index (χ4v) is 1.58. The Morgan fingerprint density at radius 1 is 1.21 bits per heavy atom. The number of fused-ring (bicyclic) bond motifs is 1. The van der Waals surface area contributed by atoms with Gasteiger partial charge in [0.2, 0.25) is 0 Å². The topological polar surface area (TPSA) is 12.9 Å². The summed E-state index contributed by atoms with van der Waals surface area (Å²) < 4.78 is 13.4. The molecule has 0 atom stereocenters. The highest BCUT2D eigenvalue weighted by atomic mass is 35.5. The van der Waals surface area contributed by atoms with Crippen molar-refractivity contribution in [3.05, 3.63) is 40.3 Å². The maximum atomic E-state index is 13.4. The van der Waals surface area contributed by atoms with Crippen molar-refractivity contribution in [1.29, 1.82) is 0 Å². The molecule has 0 radical (unpaired) electrons. The quantitative estimate of drug-likeness (QED) is 0.604. The first-order valence-corrected chi connectivity index (χ1v) is 4.69.